The SMILES string of the molecule is O=C1CC(c2ccccc2)C2(CCCCC2)O1. The van der Waals surface area contributed by atoms with Crippen molar-refractivity contribution >= 4 is 5.97 Å². The summed E-state index contributed by atoms with van der Waals surface area (Å²) in [5, 5.41) is 0. The molecule has 0 aromatic heterocycles. The molecule has 0 amide bonds. The Hall–Kier alpha value is -1.31. The molecule has 2 heteroatoms. The second-order valence-corrected chi connectivity index (χ2v) is 5.27. The van der Waals surface area contributed by atoms with Crippen LogP contribution in [0.1, 0.15) is 50.0 Å². The summed E-state index contributed by atoms with van der Waals surface area (Å²) in [4.78, 5) is 11.7. The van der Waals surface area contributed by atoms with Gasteiger partial charge in [0.2, 0.25) is 0 Å². The molecule has 2 fully saturated rings. The lowest BCUT2D eigenvalue weighted by molar-refractivity contribution is -0.151. The Morgan fingerprint density at radius 1 is 1.06 bits per heavy atom. The minimum absolute atomic E-state index is 0.0132. The van der Waals surface area contributed by atoms with Gasteiger partial charge in [0, 0.05) is 5.92 Å². The van der Waals surface area contributed by atoms with Crippen molar-refractivity contribution in [3.63, 3.8) is 0 Å². The molecule has 1 aromatic rings. The number of benzene rings is 1. The molecule has 0 N–H and O–H groups in total. The summed E-state index contributed by atoms with van der Waals surface area (Å²) in [5.74, 6) is 0.261. The Morgan fingerprint density at radius 2 is 1.76 bits per heavy atom. The monoisotopic (exact) mass is 230 g/mol. The van der Waals surface area contributed by atoms with Crippen molar-refractivity contribution in [2.24, 2.45) is 0 Å². The van der Waals surface area contributed by atoms with Crippen molar-refractivity contribution in [2.45, 2.75) is 50.0 Å². The Balaban J connectivity index is 1.94. The summed E-state index contributed by atoms with van der Waals surface area (Å²) in [6, 6.07) is 10.4. The normalized spacial score (nSPS) is 27.1. The van der Waals surface area contributed by atoms with E-state index in [0.29, 0.717) is 6.42 Å². The minimum atomic E-state index is -0.184. The highest BCUT2D eigenvalue weighted by Crippen LogP contribution is 2.48. The van der Waals surface area contributed by atoms with Gasteiger partial charge in [0.05, 0.1) is 6.42 Å². The summed E-state index contributed by atoms with van der Waals surface area (Å²) < 4.78 is 5.72. The van der Waals surface area contributed by atoms with Crippen LogP contribution in [-0.4, -0.2) is 11.6 Å². The number of ether oxygens (including phenoxy) is 1. The van der Waals surface area contributed by atoms with E-state index >= 15 is 0 Å². The summed E-state index contributed by atoms with van der Waals surface area (Å²) in [6.45, 7) is 0. The van der Waals surface area contributed by atoms with Gasteiger partial charge < -0.3 is 4.74 Å². The second kappa shape index (κ2) is 4.17. The average molecular weight is 230 g/mol. The molecule has 1 spiro atoms. The molecule has 0 radical (unpaired) electrons. The van der Waals surface area contributed by atoms with Gasteiger partial charge in [0.15, 0.2) is 0 Å². The quantitative estimate of drug-likeness (QED) is 0.691. The zero-order valence-electron chi connectivity index (χ0n) is 10.0. The van der Waals surface area contributed by atoms with E-state index < -0.39 is 0 Å². The van der Waals surface area contributed by atoms with Crippen molar-refractivity contribution < 1.29 is 9.53 Å². The number of hydrogen-bond donors (Lipinski definition) is 0. The molecule has 17 heavy (non-hydrogen) atoms. The summed E-state index contributed by atoms with van der Waals surface area (Å²) in [7, 11) is 0. The smallest absolute Gasteiger partial charge is 0.307 e. The van der Waals surface area contributed by atoms with Gasteiger partial charge in [0.25, 0.3) is 0 Å². The van der Waals surface area contributed by atoms with E-state index in [0.717, 1.165) is 12.8 Å². The first kappa shape index (κ1) is 10.8. The van der Waals surface area contributed by atoms with Crippen molar-refractivity contribution in [1.82, 2.24) is 0 Å². The maximum atomic E-state index is 11.7. The van der Waals surface area contributed by atoms with Gasteiger partial charge in [-0.15, -0.1) is 0 Å². The van der Waals surface area contributed by atoms with Crippen LogP contribution in [0.25, 0.3) is 0 Å². The number of carbonyl (C=O) groups excluding carboxylic acids is 1. The molecule has 2 aliphatic rings. The average Bonchev–Trinajstić information content (AvgIpc) is 2.68. The third kappa shape index (κ3) is 1.86. The third-order valence-electron chi connectivity index (χ3n) is 4.22. The fourth-order valence-corrected chi connectivity index (χ4v) is 3.40. The van der Waals surface area contributed by atoms with Crippen LogP contribution < -0.4 is 0 Å². The van der Waals surface area contributed by atoms with E-state index in [1.807, 2.05) is 6.07 Å². The first-order valence-electron chi connectivity index (χ1n) is 6.57. The van der Waals surface area contributed by atoms with Crippen LogP contribution in [-0.2, 0) is 9.53 Å². The second-order valence-electron chi connectivity index (χ2n) is 5.27. The molecule has 3 rings (SSSR count). The van der Waals surface area contributed by atoms with Crippen LogP contribution in [0.3, 0.4) is 0 Å². The Morgan fingerprint density at radius 3 is 2.47 bits per heavy atom. The van der Waals surface area contributed by atoms with Crippen LogP contribution in [0.15, 0.2) is 30.3 Å². The van der Waals surface area contributed by atoms with E-state index in [2.05, 4.69) is 24.3 Å². The van der Waals surface area contributed by atoms with Crippen molar-refractivity contribution in [2.75, 3.05) is 0 Å². The van der Waals surface area contributed by atoms with Gasteiger partial charge in [0.1, 0.15) is 5.60 Å². The molecule has 0 bridgehead atoms. The first-order chi connectivity index (χ1) is 8.30. The molecule has 1 aromatic carbocycles. The molecule has 1 aliphatic carbocycles. The maximum Gasteiger partial charge on any atom is 0.307 e. The van der Waals surface area contributed by atoms with E-state index in [4.69, 9.17) is 4.74 Å². The van der Waals surface area contributed by atoms with Crippen LogP contribution in [0.4, 0.5) is 0 Å². The zero-order chi connectivity index (χ0) is 11.7. The molecular formula is C15H18O2. The molecule has 1 aliphatic heterocycles. The highest BCUT2D eigenvalue weighted by atomic mass is 16.6. The molecule has 1 atom stereocenters. The van der Waals surface area contributed by atoms with Crippen LogP contribution in [0, 0.1) is 0 Å². The first-order valence-corrected chi connectivity index (χ1v) is 6.57. The lowest BCUT2D eigenvalue weighted by Gasteiger charge is -2.37. The molecule has 1 unspecified atom stereocenters. The predicted molar refractivity (Wildman–Crippen MR) is 65.7 cm³/mol. The Kier molecular flexibility index (Phi) is 2.65. The van der Waals surface area contributed by atoms with Gasteiger partial charge in [-0.1, -0.05) is 36.8 Å². The lowest BCUT2D eigenvalue weighted by Crippen LogP contribution is -2.36. The number of hydrogen-bond acceptors (Lipinski definition) is 2. The fourth-order valence-electron chi connectivity index (χ4n) is 3.40. The van der Waals surface area contributed by atoms with E-state index in [1.54, 1.807) is 0 Å². The minimum Gasteiger partial charge on any atom is -0.458 e. The molecule has 1 heterocycles. The van der Waals surface area contributed by atoms with Gasteiger partial charge in [-0.25, -0.2) is 0 Å². The third-order valence-corrected chi connectivity index (χ3v) is 4.22. The number of rotatable bonds is 1. The molecule has 1 saturated carbocycles. The highest BCUT2D eigenvalue weighted by Gasteiger charge is 2.49. The molecular weight excluding hydrogens is 212 g/mol. The number of carbonyl (C=O) groups is 1. The maximum absolute atomic E-state index is 11.7. The molecule has 1 saturated heterocycles. The highest BCUT2D eigenvalue weighted by molar-refractivity contribution is 5.74. The Labute approximate surface area is 102 Å². The zero-order valence-corrected chi connectivity index (χ0v) is 10.0. The molecule has 90 valence electrons. The van der Waals surface area contributed by atoms with E-state index in [9.17, 15) is 4.79 Å². The molecule has 2 nitrogen and oxygen atoms in total. The largest absolute Gasteiger partial charge is 0.458 e. The predicted octanol–water partition coefficient (Wildman–Crippen LogP) is 3.42. The number of esters is 1. The van der Waals surface area contributed by atoms with Crippen molar-refractivity contribution in [3.05, 3.63) is 35.9 Å². The van der Waals surface area contributed by atoms with Crippen LogP contribution in [0.2, 0.25) is 0 Å². The van der Waals surface area contributed by atoms with Crippen molar-refractivity contribution in [3.8, 4) is 0 Å². The fraction of sp³-hybridized carbons (Fsp3) is 0.533. The summed E-state index contributed by atoms with van der Waals surface area (Å²) >= 11 is 0. The van der Waals surface area contributed by atoms with Crippen LogP contribution in [0.5, 0.6) is 0 Å². The summed E-state index contributed by atoms with van der Waals surface area (Å²) in [5.41, 5.74) is 1.08. The van der Waals surface area contributed by atoms with E-state index in [1.165, 1.54) is 24.8 Å². The van der Waals surface area contributed by atoms with Crippen LogP contribution >= 0.6 is 0 Å². The van der Waals surface area contributed by atoms with Gasteiger partial charge in [-0.3, -0.25) is 4.79 Å². The lowest BCUT2D eigenvalue weighted by atomic mass is 9.73. The summed E-state index contributed by atoms with van der Waals surface area (Å²) in [6.07, 6.45) is 6.30. The van der Waals surface area contributed by atoms with Gasteiger partial charge in [-0.05, 0) is 31.2 Å². The Bertz CT molecular complexity index is 404. The van der Waals surface area contributed by atoms with Gasteiger partial charge in [-0.2, -0.15) is 0 Å². The van der Waals surface area contributed by atoms with Gasteiger partial charge >= 0.3 is 5.97 Å². The van der Waals surface area contributed by atoms with Crippen molar-refractivity contribution in [1.29, 1.82) is 0 Å². The standard InChI is InChI=1S/C15H18O2/c16-14-11-13(12-7-3-1-4-8-12)15(17-14)9-5-2-6-10-15/h1,3-4,7-8,13H,2,5-6,9-11H2. The topological polar surface area (TPSA) is 26.3 Å². The van der Waals surface area contributed by atoms with E-state index in [-0.39, 0.29) is 17.5 Å².